The van der Waals surface area contributed by atoms with Crippen molar-refractivity contribution in [2.75, 3.05) is 18.1 Å². The molecule has 8 heteroatoms. The number of anilines is 1. The van der Waals surface area contributed by atoms with Crippen molar-refractivity contribution in [2.45, 2.75) is 18.2 Å². The average Bonchev–Trinajstić information content (AvgIpc) is 2.55. The summed E-state index contributed by atoms with van der Waals surface area (Å²) in [5, 5.41) is 5.29. The van der Waals surface area contributed by atoms with E-state index in [-0.39, 0.29) is 29.3 Å². The van der Waals surface area contributed by atoms with E-state index in [2.05, 4.69) is 15.6 Å². The van der Waals surface area contributed by atoms with E-state index in [1.807, 2.05) is 0 Å². The highest BCUT2D eigenvalue weighted by Crippen LogP contribution is 2.15. The van der Waals surface area contributed by atoms with Crippen molar-refractivity contribution < 1.29 is 18.0 Å². The molecule has 25 heavy (non-hydrogen) atoms. The number of sulfone groups is 1. The number of amides is 2. The van der Waals surface area contributed by atoms with Crippen molar-refractivity contribution in [3.8, 4) is 0 Å². The molecule has 132 valence electrons. The molecule has 0 radical (unpaired) electrons. The Kier molecular flexibility index (Phi) is 5.87. The smallest absolute Gasteiger partial charge is 0.251 e. The van der Waals surface area contributed by atoms with Crippen LogP contribution in [0.3, 0.4) is 0 Å². The number of rotatable bonds is 6. The van der Waals surface area contributed by atoms with Gasteiger partial charge in [-0.15, -0.1) is 0 Å². The van der Waals surface area contributed by atoms with Crippen molar-refractivity contribution in [3.63, 3.8) is 0 Å². The quantitative estimate of drug-likeness (QED) is 0.812. The second-order valence-electron chi connectivity index (χ2n) is 5.54. The van der Waals surface area contributed by atoms with Crippen LogP contribution >= 0.6 is 0 Å². The minimum atomic E-state index is -3.39. The maximum atomic E-state index is 12.2. The molecule has 2 aromatic rings. The molecule has 0 bridgehead atoms. The van der Waals surface area contributed by atoms with Crippen LogP contribution in [-0.4, -0.2) is 38.0 Å². The summed E-state index contributed by atoms with van der Waals surface area (Å²) in [6, 6.07) is 7.80. The second-order valence-corrected chi connectivity index (χ2v) is 7.56. The number of carbonyl (C=O) groups excluding carboxylic acids is 2. The average molecular weight is 361 g/mol. The van der Waals surface area contributed by atoms with Crippen LogP contribution in [0, 0.1) is 6.92 Å². The van der Waals surface area contributed by atoms with Gasteiger partial charge in [0.05, 0.1) is 16.8 Å². The molecule has 1 aromatic carbocycles. The van der Waals surface area contributed by atoms with Crippen LogP contribution in [0.5, 0.6) is 0 Å². The summed E-state index contributed by atoms with van der Waals surface area (Å²) < 4.78 is 23.2. The second kappa shape index (κ2) is 7.89. The summed E-state index contributed by atoms with van der Waals surface area (Å²) in [4.78, 5) is 28.0. The van der Waals surface area contributed by atoms with E-state index in [4.69, 9.17) is 0 Å². The summed E-state index contributed by atoms with van der Waals surface area (Å²) in [6.07, 6.45) is 4.30. The zero-order valence-electron chi connectivity index (χ0n) is 13.9. The van der Waals surface area contributed by atoms with Crippen LogP contribution < -0.4 is 10.6 Å². The zero-order chi connectivity index (χ0) is 18.4. The molecule has 2 rings (SSSR count). The van der Waals surface area contributed by atoms with E-state index in [9.17, 15) is 18.0 Å². The van der Waals surface area contributed by atoms with Crippen LogP contribution in [0.25, 0.3) is 0 Å². The lowest BCUT2D eigenvalue weighted by molar-refractivity contribution is -0.116. The summed E-state index contributed by atoms with van der Waals surface area (Å²) in [6.45, 7) is 1.85. The number of pyridine rings is 1. The fourth-order valence-electron chi connectivity index (χ4n) is 2.12. The first kappa shape index (κ1) is 18.6. The largest absolute Gasteiger partial charge is 0.352 e. The molecule has 1 aromatic heterocycles. The number of carbonyl (C=O) groups is 2. The van der Waals surface area contributed by atoms with E-state index >= 15 is 0 Å². The maximum Gasteiger partial charge on any atom is 0.251 e. The topological polar surface area (TPSA) is 105 Å². The summed E-state index contributed by atoms with van der Waals surface area (Å²) in [5.41, 5.74) is 1.51. The van der Waals surface area contributed by atoms with E-state index in [1.54, 1.807) is 31.3 Å². The zero-order valence-corrected chi connectivity index (χ0v) is 14.8. The number of nitrogens with one attached hydrogen (secondary N) is 2. The fourth-order valence-corrected chi connectivity index (χ4v) is 2.77. The Morgan fingerprint density at radius 3 is 2.60 bits per heavy atom. The van der Waals surface area contributed by atoms with E-state index in [0.29, 0.717) is 11.3 Å². The van der Waals surface area contributed by atoms with Gasteiger partial charge in [0.1, 0.15) is 0 Å². The monoisotopic (exact) mass is 361 g/mol. The number of aryl methyl sites for hydroxylation is 1. The SMILES string of the molecule is Cc1ccc(S(C)(=O)=O)cc1C(=O)NCCC(=O)Nc1cccnc1. The standard InChI is InChI=1S/C17H19N3O4S/c1-12-5-6-14(25(2,23)24)10-15(12)17(22)19-9-7-16(21)20-13-4-3-8-18-11-13/h3-6,8,10-11H,7,9H2,1-2H3,(H,19,22)(H,20,21). The van der Waals surface area contributed by atoms with Crippen LogP contribution in [0.1, 0.15) is 22.3 Å². The maximum absolute atomic E-state index is 12.2. The van der Waals surface area contributed by atoms with Gasteiger partial charge in [0, 0.05) is 31.0 Å². The van der Waals surface area contributed by atoms with Crippen molar-refractivity contribution in [2.24, 2.45) is 0 Å². The van der Waals surface area contributed by atoms with Gasteiger partial charge in [0.25, 0.3) is 5.91 Å². The number of aromatic nitrogens is 1. The van der Waals surface area contributed by atoms with E-state index in [0.717, 1.165) is 6.26 Å². The molecule has 7 nitrogen and oxygen atoms in total. The van der Waals surface area contributed by atoms with Crippen molar-refractivity contribution in [1.82, 2.24) is 10.3 Å². The molecule has 0 saturated carbocycles. The third-order valence-electron chi connectivity index (χ3n) is 3.46. The van der Waals surface area contributed by atoms with Gasteiger partial charge in [-0.05, 0) is 36.8 Å². The van der Waals surface area contributed by atoms with Crippen LogP contribution in [-0.2, 0) is 14.6 Å². The van der Waals surface area contributed by atoms with Gasteiger partial charge < -0.3 is 10.6 Å². The number of hydrogen-bond donors (Lipinski definition) is 2. The first-order valence-electron chi connectivity index (χ1n) is 7.56. The molecule has 0 fully saturated rings. The minimum Gasteiger partial charge on any atom is -0.352 e. The third kappa shape index (κ3) is 5.39. The van der Waals surface area contributed by atoms with Gasteiger partial charge in [0.15, 0.2) is 9.84 Å². The lowest BCUT2D eigenvalue weighted by Gasteiger charge is -2.09. The van der Waals surface area contributed by atoms with Crippen molar-refractivity contribution in [3.05, 3.63) is 53.9 Å². The normalized spacial score (nSPS) is 11.0. The van der Waals surface area contributed by atoms with E-state index < -0.39 is 15.7 Å². The Morgan fingerprint density at radius 1 is 1.20 bits per heavy atom. The summed E-state index contributed by atoms with van der Waals surface area (Å²) in [5.74, 6) is -0.674. The lowest BCUT2D eigenvalue weighted by atomic mass is 10.1. The molecular formula is C17H19N3O4S. The van der Waals surface area contributed by atoms with Crippen LogP contribution in [0.4, 0.5) is 5.69 Å². The Balaban J connectivity index is 1.93. The highest BCUT2D eigenvalue weighted by atomic mass is 32.2. The molecule has 2 amide bonds. The summed E-state index contributed by atoms with van der Waals surface area (Å²) >= 11 is 0. The molecule has 0 aliphatic heterocycles. The highest BCUT2D eigenvalue weighted by molar-refractivity contribution is 7.90. The van der Waals surface area contributed by atoms with Crippen molar-refractivity contribution >= 4 is 27.3 Å². The number of benzene rings is 1. The molecular weight excluding hydrogens is 342 g/mol. The Morgan fingerprint density at radius 2 is 1.96 bits per heavy atom. The van der Waals surface area contributed by atoms with Crippen LogP contribution in [0.2, 0.25) is 0 Å². The Labute approximate surface area is 146 Å². The van der Waals surface area contributed by atoms with Crippen molar-refractivity contribution in [1.29, 1.82) is 0 Å². The predicted octanol–water partition coefficient (Wildman–Crippen LogP) is 1.55. The fraction of sp³-hybridized carbons (Fsp3) is 0.235. The molecule has 0 saturated heterocycles. The van der Waals surface area contributed by atoms with Gasteiger partial charge >= 0.3 is 0 Å². The van der Waals surface area contributed by atoms with Gasteiger partial charge in [-0.2, -0.15) is 0 Å². The highest BCUT2D eigenvalue weighted by Gasteiger charge is 2.14. The molecule has 0 unspecified atom stereocenters. The van der Waals surface area contributed by atoms with Gasteiger partial charge in [-0.25, -0.2) is 8.42 Å². The predicted molar refractivity (Wildman–Crippen MR) is 94.1 cm³/mol. The van der Waals surface area contributed by atoms with Gasteiger partial charge in [0.2, 0.25) is 5.91 Å². The Bertz CT molecular complexity index is 880. The first-order valence-corrected chi connectivity index (χ1v) is 9.45. The molecule has 0 aliphatic carbocycles. The molecule has 1 heterocycles. The lowest BCUT2D eigenvalue weighted by Crippen LogP contribution is -2.28. The van der Waals surface area contributed by atoms with E-state index in [1.165, 1.54) is 18.3 Å². The molecule has 0 aliphatic rings. The third-order valence-corrected chi connectivity index (χ3v) is 4.57. The molecule has 0 atom stereocenters. The number of hydrogen-bond acceptors (Lipinski definition) is 5. The molecule has 0 spiro atoms. The number of nitrogens with zero attached hydrogens (tertiary/aromatic N) is 1. The Hall–Kier alpha value is -2.74. The van der Waals surface area contributed by atoms with Crippen LogP contribution in [0.15, 0.2) is 47.6 Å². The van der Waals surface area contributed by atoms with Gasteiger partial charge in [-0.1, -0.05) is 6.07 Å². The minimum absolute atomic E-state index is 0.0811. The van der Waals surface area contributed by atoms with Gasteiger partial charge in [-0.3, -0.25) is 14.6 Å². The first-order chi connectivity index (χ1) is 11.8. The summed E-state index contributed by atoms with van der Waals surface area (Å²) in [7, 11) is -3.39. The molecule has 2 N–H and O–H groups in total.